The molecule has 3 aromatic heterocycles. The highest BCUT2D eigenvalue weighted by Crippen LogP contribution is 2.28. The molecule has 0 bridgehead atoms. The largest absolute Gasteiger partial charge is 0.481 e. The van der Waals surface area contributed by atoms with E-state index in [9.17, 15) is 13.2 Å². The number of hydrogen-bond donors (Lipinski definition) is 1. The lowest BCUT2D eigenvalue weighted by Crippen LogP contribution is -2.39. The molecule has 9 nitrogen and oxygen atoms in total. The maximum absolute atomic E-state index is 13.0. The Hall–Kier alpha value is -3.18. The molecule has 1 N–H and O–H groups in total. The van der Waals surface area contributed by atoms with E-state index in [1.165, 1.54) is 19.5 Å². The number of hydrogen-bond acceptors (Lipinski definition) is 8. The fraction of sp³-hybridized carbons (Fsp3) is 0.438. The first-order chi connectivity index (χ1) is 13.4. The van der Waals surface area contributed by atoms with Crippen molar-refractivity contribution >= 4 is 17.3 Å². The molecule has 0 atom stereocenters. The van der Waals surface area contributed by atoms with Crippen molar-refractivity contribution in [3.8, 4) is 5.88 Å². The molecule has 0 radical (unpaired) electrons. The van der Waals surface area contributed by atoms with Crippen LogP contribution in [0.4, 0.5) is 24.8 Å². The van der Waals surface area contributed by atoms with Crippen molar-refractivity contribution in [1.82, 2.24) is 29.8 Å². The van der Waals surface area contributed by atoms with E-state index in [1.54, 1.807) is 12.1 Å². The zero-order chi connectivity index (χ0) is 19.7. The van der Waals surface area contributed by atoms with Crippen LogP contribution in [-0.2, 0) is 6.18 Å². The number of piperidine rings is 1. The highest BCUT2D eigenvalue weighted by atomic mass is 19.4. The Bertz CT molecular complexity index is 968. The van der Waals surface area contributed by atoms with Crippen molar-refractivity contribution in [3.05, 3.63) is 30.4 Å². The molecule has 0 unspecified atom stereocenters. The minimum absolute atomic E-state index is 0.0605. The number of fused-ring (bicyclic) bond motifs is 1. The van der Waals surface area contributed by atoms with Gasteiger partial charge in [0, 0.05) is 25.2 Å². The predicted molar refractivity (Wildman–Crippen MR) is 93.2 cm³/mol. The quantitative estimate of drug-likeness (QED) is 0.719. The summed E-state index contributed by atoms with van der Waals surface area (Å²) in [7, 11) is 1.54. The summed E-state index contributed by atoms with van der Waals surface area (Å²) in [5.41, 5.74) is 0.0605. The van der Waals surface area contributed by atoms with Gasteiger partial charge in [0.15, 0.2) is 5.65 Å². The molecule has 1 aliphatic rings. The molecular formula is C16H17F3N8O. The van der Waals surface area contributed by atoms with E-state index < -0.39 is 12.0 Å². The topological polar surface area (TPSA) is 93.4 Å². The molecule has 0 amide bonds. The summed E-state index contributed by atoms with van der Waals surface area (Å²) in [6.07, 6.45) is -1.63. The van der Waals surface area contributed by atoms with E-state index in [0.29, 0.717) is 30.6 Å². The number of rotatable bonds is 4. The average molecular weight is 394 g/mol. The Kier molecular flexibility index (Phi) is 4.61. The number of anilines is 2. The van der Waals surface area contributed by atoms with E-state index in [1.807, 2.05) is 4.90 Å². The first-order valence-corrected chi connectivity index (χ1v) is 8.61. The van der Waals surface area contributed by atoms with Crippen molar-refractivity contribution in [2.45, 2.75) is 25.1 Å². The van der Waals surface area contributed by atoms with Crippen LogP contribution in [0.1, 0.15) is 18.7 Å². The maximum atomic E-state index is 13.0. The van der Waals surface area contributed by atoms with Gasteiger partial charge in [-0.25, -0.2) is 9.97 Å². The lowest BCUT2D eigenvalue weighted by molar-refractivity contribution is -0.146. The fourth-order valence-electron chi connectivity index (χ4n) is 3.12. The van der Waals surface area contributed by atoms with Crippen LogP contribution in [0.5, 0.6) is 5.88 Å². The SMILES string of the molecule is COc1cc(NC2CCN(c3ccc4nnc(C(F)(F)F)n4n3)CC2)ncn1. The number of alkyl halides is 3. The highest BCUT2D eigenvalue weighted by molar-refractivity contribution is 5.46. The number of nitrogens with zero attached hydrogens (tertiary/aromatic N) is 7. The van der Waals surface area contributed by atoms with E-state index in [0.717, 1.165) is 17.4 Å². The van der Waals surface area contributed by atoms with Gasteiger partial charge in [0.2, 0.25) is 5.88 Å². The molecule has 4 rings (SSSR count). The second-order valence-electron chi connectivity index (χ2n) is 6.33. The van der Waals surface area contributed by atoms with E-state index in [2.05, 4.69) is 30.6 Å². The number of methoxy groups -OCH3 is 1. The molecule has 0 aliphatic carbocycles. The summed E-state index contributed by atoms with van der Waals surface area (Å²) in [5.74, 6) is 0.476. The van der Waals surface area contributed by atoms with Crippen LogP contribution in [0.3, 0.4) is 0 Å². The standard InChI is InChI=1S/C16H17F3N8O/c1-28-14-8-11(20-9-21-14)22-10-4-6-26(7-5-10)13-3-2-12-23-24-15(16(17,18)19)27(12)25-13/h2-3,8-10H,4-7H2,1H3,(H,20,21,22). The van der Waals surface area contributed by atoms with Crippen LogP contribution >= 0.6 is 0 Å². The second kappa shape index (κ2) is 7.09. The van der Waals surface area contributed by atoms with Gasteiger partial charge >= 0.3 is 6.18 Å². The van der Waals surface area contributed by atoms with Gasteiger partial charge in [-0.1, -0.05) is 0 Å². The molecule has 4 heterocycles. The molecular weight excluding hydrogens is 377 g/mol. The van der Waals surface area contributed by atoms with Gasteiger partial charge in [-0.3, -0.25) is 0 Å². The Morgan fingerprint density at radius 3 is 2.64 bits per heavy atom. The van der Waals surface area contributed by atoms with Crippen LogP contribution in [0.15, 0.2) is 24.5 Å². The van der Waals surface area contributed by atoms with Gasteiger partial charge < -0.3 is 15.0 Å². The van der Waals surface area contributed by atoms with Gasteiger partial charge in [0.05, 0.1) is 7.11 Å². The summed E-state index contributed by atoms with van der Waals surface area (Å²) in [4.78, 5) is 10.1. The Morgan fingerprint density at radius 1 is 1.14 bits per heavy atom. The zero-order valence-corrected chi connectivity index (χ0v) is 14.9. The van der Waals surface area contributed by atoms with Gasteiger partial charge in [0.1, 0.15) is 18.0 Å². The van der Waals surface area contributed by atoms with Crippen molar-refractivity contribution in [2.75, 3.05) is 30.4 Å². The third-order valence-electron chi connectivity index (χ3n) is 4.52. The minimum Gasteiger partial charge on any atom is -0.481 e. The summed E-state index contributed by atoms with van der Waals surface area (Å²) in [6.45, 7) is 1.28. The Morgan fingerprint density at radius 2 is 1.93 bits per heavy atom. The van der Waals surface area contributed by atoms with Crippen LogP contribution < -0.4 is 15.0 Å². The molecule has 1 fully saturated rings. The normalized spacial score (nSPS) is 15.8. The summed E-state index contributed by atoms with van der Waals surface area (Å²) < 4.78 is 44.9. The second-order valence-corrected chi connectivity index (χ2v) is 6.33. The molecule has 12 heteroatoms. The third-order valence-corrected chi connectivity index (χ3v) is 4.52. The summed E-state index contributed by atoms with van der Waals surface area (Å²) >= 11 is 0. The molecule has 28 heavy (non-hydrogen) atoms. The molecule has 148 valence electrons. The average Bonchev–Trinajstić information content (AvgIpc) is 3.12. The Balaban J connectivity index is 1.44. The first kappa shape index (κ1) is 18.2. The highest BCUT2D eigenvalue weighted by Gasteiger charge is 2.37. The minimum atomic E-state index is -4.61. The lowest BCUT2D eigenvalue weighted by Gasteiger charge is -2.33. The monoisotopic (exact) mass is 394 g/mol. The van der Waals surface area contributed by atoms with Crippen molar-refractivity contribution in [2.24, 2.45) is 0 Å². The molecule has 0 spiro atoms. The molecule has 0 saturated carbocycles. The van der Waals surface area contributed by atoms with Crippen molar-refractivity contribution in [1.29, 1.82) is 0 Å². The number of nitrogens with one attached hydrogen (secondary N) is 1. The zero-order valence-electron chi connectivity index (χ0n) is 14.9. The first-order valence-electron chi connectivity index (χ1n) is 8.61. The Labute approximate surface area is 157 Å². The van der Waals surface area contributed by atoms with E-state index >= 15 is 0 Å². The fourth-order valence-corrected chi connectivity index (χ4v) is 3.12. The van der Waals surface area contributed by atoms with Gasteiger partial charge in [0.25, 0.3) is 5.82 Å². The molecule has 1 aliphatic heterocycles. The molecule has 1 saturated heterocycles. The van der Waals surface area contributed by atoms with Crippen LogP contribution in [0.25, 0.3) is 5.65 Å². The van der Waals surface area contributed by atoms with Crippen molar-refractivity contribution in [3.63, 3.8) is 0 Å². The number of ether oxygens (including phenoxy) is 1. The van der Waals surface area contributed by atoms with Crippen molar-refractivity contribution < 1.29 is 17.9 Å². The summed E-state index contributed by atoms with van der Waals surface area (Å²) in [5, 5.41) is 14.2. The van der Waals surface area contributed by atoms with Gasteiger partial charge in [-0.15, -0.1) is 15.3 Å². The molecule has 0 aromatic carbocycles. The smallest absolute Gasteiger partial charge is 0.453 e. The van der Waals surface area contributed by atoms with Crippen LogP contribution in [-0.4, -0.2) is 56.0 Å². The van der Waals surface area contributed by atoms with E-state index in [-0.39, 0.29) is 11.7 Å². The third kappa shape index (κ3) is 3.62. The van der Waals surface area contributed by atoms with E-state index in [4.69, 9.17) is 4.74 Å². The molecule has 3 aromatic rings. The maximum Gasteiger partial charge on any atom is 0.453 e. The number of aromatic nitrogens is 6. The number of halogens is 3. The van der Waals surface area contributed by atoms with Crippen LogP contribution in [0.2, 0.25) is 0 Å². The lowest BCUT2D eigenvalue weighted by atomic mass is 10.1. The predicted octanol–water partition coefficient (Wildman–Crippen LogP) is 2.02. The van der Waals surface area contributed by atoms with Crippen LogP contribution in [0, 0.1) is 0 Å². The van der Waals surface area contributed by atoms with Gasteiger partial charge in [-0.2, -0.15) is 17.7 Å². The summed E-state index contributed by atoms with van der Waals surface area (Å²) in [6, 6.07) is 5.04. The van der Waals surface area contributed by atoms with Gasteiger partial charge in [-0.05, 0) is 25.0 Å².